The average Bonchev–Trinajstić information content (AvgIpc) is 3.70. The molecule has 0 amide bonds. The monoisotopic (exact) mass is 562 g/mol. The molecule has 0 aromatic heterocycles. The van der Waals surface area contributed by atoms with Crippen molar-refractivity contribution in [2.75, 3.05) is 0 Å². The van der Waals surface area contributed by atoms with Crippen LogP contribution in [0.3, 0.4) is 0 Å². The molecule has 5 nitrogen and oxygen atoms in total. The van der Waals surface area contributed by atoms with E-state index in [2.05, 4.69) is 20.8 Å². The van der Waals surface area contributed by atoms with Crippen LogP contribution in [0.15, 0.2) is 0 Å². The molecule has 40 heavy (non-hydrogen) atoms. The fourth-order valence-electron chi connectivity index (χ4n) is 8.71. The Hall–Kier alpha value is -0.200. The normalized spacial score (nSPS) is 42.6. The number of nitrogens with two attached hydrogens (primary N) is 5. The van der Waals surface area contributed by atoms with Gasteiger partial charge in [-0.25, -0.2) is 0 Å². The average molecular weight is 562 g/mol. The van der Waals surface area contributed by atoms with E-state index in [1.807, 2.05) is 0 Å². The van der Waals surface area contributed by atoms with Crippen molar-refractivity contribution >= 4 is 0 Å². The molecule has 0 aromatic rings. The fourth-order valence-corrected chi connectivity index (χ4v) is 8.71. The Morgan fingerprint density at radius 2 is 1.00 bits per heavy atom. The van der Waals surface area contributed by atoms with Gasteiger partial charge in [-0.1, -0.05) is 58.8 Å². The molecule has 2 unspecified atom stereocenters. The molecule has 0 aliphatic heterocycles. The zero-order valence-electron chi connectivity index (χ0n) is 27.0. The van der Waals surface area contributed by atoms with E-state index in [0.29, 0.717) is 24.2 Å². The predicted octanol–water partition coefficient (Wildman–Crippen LogP) is 6.98. The van der Waals surface area contributed by atoms with Gasteiger partial charge in [0.1, 0.15) is 0 Å². The van der Waals surface area contributed by atoms with E-state index in [0.717, 1.165) is 35.5 Å². The standard InChI is InChI=1S/2C7H13N.3C7H15N/c2*8-7-4-5-1-2-6(7)3-5;1-6-2-4-7(8)5-3-6;1-6-3-2-4-7(8)5-6;1-7(8)5-3-2-4-6-7/h2*5-7H,1-4,8H2;2*6-7H,2-5,8H2,1H3;2-6,8H2,1H3/t5-,6+,7+;5-,6+,7-;;;/m00.../s1. The minimum atomic E-state index is 0.179. The molecular weight excluding hydrogens is 490 g/mol. The van der Waals surface area contributed by atoms with Crippen molar-refractivity contribution in [3.63, 3.8) is 0 Å². The van der Waals surface area contributed by atoms with Crippen LogP contribution in [0.4, 0.5) is 0 Å². The van der Waals surface area contributed by atoms with Gasteiger partial charge >= 0.3 is 0 Å². The van der Waals surface area contributed by atoms with Gasteiger partial charge in [0.05, 0.1) is 0 Å². The van der Waals surface area contributed by atoms with Crippen molar-refractivity contribution in [2.45, 2.75) is 185 Å². The smallest absolute Gasteiger partial charge is 0.0125 e. The molecular formula is C35H71N5. The Bertz CT molecular complexity index is 619. The first-order valence-electron chi connectivity index (χ1n) is 17.8. The summed E-state index contributed by atoms with van der Waals surface area (Å²) in [6.07, 6.45) is 28.3. The maximum absolute atomic E-state index is 5.88. The lowest BCUT2D eigenvalue weighted by atomic mass is 9.84. The third-order valence-electron chi connectivity index (χ3n) is 11.6. The van der Waals surface area contributed by atoms with Gasteiger partial charge in [0.15, 0.2) is 0 Å². The molecule has 5 heteroatoms. The molecule has 7 rings (SSSR count). The molecule has 7 fully saturated rings. The quantitative estimate of drug-likeness (QED) is 0.218. The molecule has 0 aromatic carbocycles. The fraction of sp³-hybridized carbons (Fsp3) is 1.00. The van der Waals surface area contributed by atoms with Gasteiger partial charge in [0.25, 0.3) is 0 Å². The van der Waals surface area contributed by atoms with Gasteiger partial charge in [-0.15, -0.1) is 0 Å². The Labute approximate surface area is 249 Å². The Kier molecular flexibility index (Phi) is 14.7. The lowest BCUT2D eigenvalue weighted by Gasteiger charge is -2.28. The zero-order valence-corrected chi connectivity index (χ0v) is 27.0. The Morgan fingerprint density at radius 1 is 0.475 bits per heavy atom. The summed E-state index contributed by atoms with van der Waals surface area (Å²) in [6, 6.07) is 2.19. The molecule has 0 radical (unpaired) electrons. The number of hydrogen-bond donors (Lipinski definition) is 5. The molecule has 0 spiro atoms. The Balaban J connectivity index is 0.000000138. The molecule has 0 heterocycles. The van der Waals surface area contributed by atoms with E-state index >= 15 is 0 Å². The second-order valence-corrected chi connectivity index (χ2v) is 15.9. The summed E-state index contributed by atoms with van der Waals surface area (Å²) < 4.78 is 0. The van der Waals surface area contributed by atoms with Crippen LogP contribution in [-0.2, 0) is 0 Å². The van der Waals surface area contributed by atoms with Crippen LogP contribution in [0.1, 0.15) is 156 Å². The Morgan fingerprint density at radius 3 is 1.25 bits per heavy atom. The molecule has 0 saturated heterocycles. The van der Waals surface area contributed by atoms with E-state index in [4.69, 9.17) is 28.7 Å². The summed E-state index contributed by atoms with van der Waals surface area (Å²) in [4.78, 5) is 0. The summed E-state index contributed by atoms with van der Waals surface area (Å²) in [5.41, 5.74) is 29.1. The molecule has 7 aliphatic carbocycles. The van der Waals surface area contributed by atoms with Crippen LogP contribution < -0.4 is 28.7 Å². The number of hydrogen-bond acceptors (Lipinski definition) is 5. The van der Waals surface area contributed by atoms with Crippen molar-refractivity contribution in [2.24, 2.45) is 64.2 Å². The van der Waals surface area contributed by atoms with Gasteiger partial charge in [-0.3, -0.25) is 0 Å². The number of fused-ring (bicyclic) bond motifs is 4. The summed E-state index contributed by atoms with van der Waals surface area (Å²) >= 11 is 0. The highest BCUT2D eigenvalue weighted by molar-refractivity contribution is 4.92. The van der Waals surface area contributed by atoms with Crippen molar-refractivity contribution < 1.29 is 0 Å². The highest BCUT2D eigenvalue weighted by Gasteiger charge is 2.37. The maximum atomic E-state index is 5.88. The van der Waals surface area contributed by atoms with Crippen LogP contribution in [-0.4, -0.2) is 29.7 Å². The van der Waals surface area contributed by atoms with Crippen molar-refractivity contribution in [1.29, 1.82) is 0 Å². The van der Waals surface area contributed by atoms with Crippen molar-refractivity contribution in [3.8, 4) is 0 Å². The summed E-state index contributed by atoms with van der Waals surface area (Å²) in [5, 5.41) is 0. The highest BCUT2D eigenvalue weighted by atomic mass is 14.7. The molecule has 8 atom stereocenters. The van der Waals surface area contributed by atoms with E-state index < -0.39 is 0 Å². The third kappa shape index (κ3) is 12.6. The van der Waals surface area contributed by atoms with E-state index in [1.54, 1.807) is 0 Å². The first-order valence-corrected chi connectivity index (χ1v) is 17.8. The summed E-state index contributed by atoms with van der Waals surface area (Å²) in [6.45, 7) is 6.76. The van der Waals surface area contributed by atoms with Crippen molar-refractivity contribution in [3.05, 3.63) is 0 Å². The topological polar surface area (TPSA) is 130 Å². The van der Waals surface area contributed by atoms with Crippen LogP contribution in [0.25, 0.3) is 0 Å². The molecule has 10 N–H and O–H groups in total. The minimum Gasteiger partial charge on any atom is -0.328 e. The molecule has 236 valence electrons. The van der Waals surface area contributed by atoms with Gasteiger partial charge in [-0.05, 0) is 132 Å². The van der Waals surface area contributed by atoms with Crippen LogP contribution in [0.2, 0.25) is 0 Å². The van der Waals surface area contributed by atoms with Crippen LogP contribution >= 0.6 is 0 Å². The first-order chi connectivity index (χ1) is 19.0. The maximum Gasteiger partial charge on any atom is 0.0125 e. The van der Waals surface area contributed by atoms with Gasteiger partial charge in [0, 0.05) is 29.7 Å². The lowest BCUT2D eigenvalue weighted by molar-refractivity contribution is 0.322. The highest BCUT2D eigenvalue weighted by Crippen LogP contribution is 2.44. The third-order valence-corrected chi connectivity index (χ3v) is 11.6. The van der Waals surface area contributed by atoms with Gasteiger partial charge in [-0.2, -0.15) is 0 Å². The minimum absolute atomic E-state index is 0.179. The lowest BCUT2D eigenvalue weighted by Crippen LogP contribution is -2.37. The summed E-state index contributed by atoms with van der Waals surface area (Å²) in [7, 11) is 0. The van der Waals surface area contributed by atoms with E-state index in [9.17, 15) is 0 Å². The second kappa shape index (κ2) is 17.2. The van der Waals surface area contributed by atoms with Crippen molar-refractivity contribution in [1.82, 2.24) is 0 Å². The zero-order chi connectivity index (χ0) is 29.1. The van der Waals surface area contributed by atoms with Gasteiger partial charge < -0.3 is 28.7 Å². The molecule has 7 aliphatic rings. The van der Waals surface area contributed by atoms with Crippen LogP contribution in [0, 0.1) is 35.5 Å². The molecule has 7 saturated carbocycles. The number of rotatable bonds is 0. The van der Waals surface area contributed by atoms with E-state index in [-0.39, 0.29) is 5.54 Å². The predicted molar refractivity (Wildman–Crippen MR) is 174 cm³/mol. The van der Waals surface area contributed by atoms with Gasteiger partial charge in [0.2, 0.25) is 0 Å². The second-order valence-electron chi connectivity index (χ2n) is 15.9. The summed E-state index contributed by atoms with van der Waals surface area (Å²) in [5.74, 6) is 5.71. The van der Waals surface area contributed by atoms with E-state index in [1.165, 1.54) is 135 Å². The van der Waals surface area contributed by atoms with Crippen LogP contribution in [0.5, 0.6) is 0 Å². The largest absolute Gasteiger partial charge is 0.328 e. The SMILES string of the molecule is CC1(N)CCCCC1.CC1CCC(N)CC1.CC1CCCC(N)C1.N[C@@H]1C[C@H]2CC[C@@H]1C2.N[C@H]1C[C@H]2CC[C@@H]1C2. The first kappa shape index (κ1) is 34.3. The molecule has 4 bridgehead atoms.